The predicted octanol–water partition coefficient (Wildman–Crippen LogP) is 2.99. The van der Waals surface area contributed by atoms with Gasteiger partial charge in [-0.1, -0.05) is 22.0 Å². The fourth-order valence-corrected chi connectivity index (χ4v) is 2.18. The quantitative estimate of drug-likeness (QED) is 0.597. The van der Waals surface area contributed by atoms with Crippen LogP contribution < -0.4 is 16.0 Å². The highest BCUT2D eigenvalue weighted by molar-refractivity contribution is 9.10. The lowest BCUT2D eigenvalue weighted by molar-refractivity contribution is -0.152. The van der Waals surface area contributed by atoms with Gasteiger partial charge in [-0.25, -0.2) is 4.79 Å². The van der Waals surface area contributed by atoms with E-state index in [9.17, 15) is 4.79 Å². The highest BCUT2D eigenvalue weighted by Gasteiger charge is 2.08. The van der Waals surface area contributed by atoms with Crippen LogP contribution in [0.15, 0.2) is 46.9 Å². The van der Waals surface area contributed by atoms with Crippen molar-refractivity contribution in [2.45, 2.75) is 13.8 Å². The Morgan fingerprint density at radius 1 is 1.22 bits per heavy atom. The van der Waals surface area contributed by atoms with E-state index in [4.69, 9.17) is 15.3 Å². The molecular formula is C17H18BrN2O3-. The minimum atomic E-state index is -0.567. The smallest absolute Gasteiger partial charge is 0.362 e. The van der Waals surface area contributed by atoms with Crippen LogP contribution in [0.25, 0.3) is 0 Å². The van der Waals surface area contributed by atoms with Gasteiger partial charge in [-0.2, -0.15) is 23.2 Å². The van der Waals surface area contributed by atoms with Gasteiger partial charge in [0.25, 0.3) is 0 Å². The first-order valence-corrected chi connectivity index (χ1v) is 7.79. The second kappa shape index (κ2) is 8.01. The zero-order valence-electron chi connectivity index (χ0n) is 12.9. The Morgan fingerprint density at radius 2 is 1.83 bits per heavy atom. The zero-order valence-corrected chi connectivity index (χ0v) is 14.5. The van der Waals surface area contributed by atoms with E-state index >= 15 is 0 Å². The number of halogens is 1. The van der Waals surface area contributed by atoms with Crippen molar-refractivity contribution in [2.75, 3.05) is 6.61 Å². The van der Waals surface area contributed by atoms with Crippen LogP contribution >= 0.6 is 15.9 Å². The van der Waals surface area contributed by atoms with E-state index in [1.807, 2.05) is 44.2 Å². The molecule has 0 heterocycles. The summed E-state index contributed by atoms with van der Waals surface area (Å²) >= 11 is 3.48. The topological polar surface area (TPSA) is 73.6 Å². The fourth-order valence-electron chi connectivity index (χ4n) is 1.95. The molecule has 2 rings (SSSR count). The normalized spacial score (nSPS) is 10.3. The third-order valence-electron chi connectivity index (χ3n) is 3.13. The third kappa shape index (κ3) is 4.99. The first-order chi connectivity index (χ1) is 11.0. The molecule has 2 aromatic rings. The number of rotatable bonds is 6. The number of benzene rings is 2. The molecule has 0 bridgehead atoms. The lowest BCUT2D eigenvalue weighted by atomic mass is 10.1. The van der Waals surface area contributed by atoms with Gasteiger partial charge in [0.1, 0.15) is 5.75 Å². The molecule has 0 saturated carbocycles. The molecule has 3 N–H and O–H groups in total. The Kier molecular flexibility index (Phi) is 6.04. The molecule has 0 radical (unpaired) electrons. The van der Waals surface area contributed by atoms with Crippen LogP contribution in [0, 0.1) is 20.0 Å². The highest BCUT2D eigenvalue weighted by atomic mass is 79.9. The van der Waals surface area contributed by atoms with Gasteiger partial charge in [0, 0.05) is 4.47 Å². The number of hydrogen-bond donors (Lipinski definition) is 2. The third-order valence-corrected chi connectivity index (χ3v) is 4.38. The molecule has 0 atom stereocenters. The predicted molar refractivity (Wildman–Crippen MR) is 91.3 cm³/mol. The number of hydroxylamine groups is 1. The van der Waals surface area contributed by atoms with Crippen LogP contribution in [0.5, 0.6) is 5.75 Å². The van der Waals surface area contributed by atoms with E-state index in [-0.39, 0.29) is 12.8 Å². The number of hydrogen-bond acceptors (Lipinski definition) is 5. The molecule has 0 fully saturated rings. The van der Waals surface area contributed by atoms with Crippen LogP contribution in [0.2, 0.25) is 0 Å². The molecule has 0 aliphatic rings. The van der Waals surface area contributed by atoms with Gasteiger partial charge in [0.15, 0.2) is 6.61 Å². The molecule has 0 aromatic heterocycles. The Bertz CT molecular complexity index is 654. The molecule has 122 valence electrons. The minimum absolute atomic E-state index is 0.213. The highest BCUT2D eigenvalue weighted by Crippen LogP contribution is 2.26. The lowest BCUT2D eigenvalue weighted by Gasteiger charge is -2.20. The monoisotopic (exact) mass is 377 g/mol. The van der Waals surface area contributed by atoms with Gasteiger partial charge < -0.3 is 15.3 Å². The van der Waals surface area contributed by atoms with E-state index in [1.54, 1.807) is 12.1 Å². The van der Waals surface area contributed by atoms with Gasteiger partial charge in [-0.3, -0.25) is 0 Å². The summed E-state index contributed by atoms with van der Waals surface area (Å²) in [5, 5.41) is 0. The molecule has 0 unspecified atom stereocenters. The Balaban J connectivity index is 1.81. The number of carbonyl (C=O) groups is 1. The lowest BCUT2D eigenvalue weighted by Crippen LogP contribution is -2.33. The number of ether oxygens (including phenoxy) is 1. The largest absolute Gasteiger partial charge is 0.482 e. The van der Waals surface area contributed by atoms with Crippen molar-refractivity contribution in [3.8, 4) is 5.75 Å². The second-order valence-corrected chi connectivity index (χ2v) is 5.81. The zero-order chi connectivity index (χ0) is 16.8. The number of nitrogens with one attached hydrogen (secondary N) is 1. The molecule has 0 aliphatic heterocycles. The van der Waals surface area contributed by atoms with E-state index in [0.717, 1.165) is 21.2 Å². The van der Waals surface area contributed by atoms with Gasteiger partial charge in [0.2, 0.25) is 0 Å². The second-order valence-electron chi connectivity index (χ2n) is 5.02. The molecule has 0 spiro atoms. The van der Waals surface area contributed by atoms with Crippen molar-refractivity contribution < 1.29 is 14.4 Å². The van der Waals surface area contributed by atoms with Gasteiger partial charge in [-0.05, 0) is 43.3 Å². The van der Waals surface area contributed by atoms with Crippen LogP contribution in [0.1, 0.15) is 16.7 Å². The Labute approximate surface area is 143 Å². The molecule has 5 nitrogen and oxygen atoms in total. The van der Waals surface area contributed by atoms with E-state index in [2.05, 4.69) is 21.4 Å². The average Bonchev–Trinajstić information content (AvgIpc) is 2.56. The molecule has 0 amide bonds. The van der Waals surface area contributed by atoms with Crippen LogP contribution in [0.3, 0.4) is 0 Å². The average molecular weight is 378 g/mol. The number of nitrogens with two attached hydrogens (primary N) is 1. The summed E-state index contributed by atoms with van der Waals surface area (Å²) in [5.74, 6) is 0.0438. The number of carbonyl (C=O) groups excluding carboxylic acids is 1. The molecule has 6 heteroatoms. The fraction of sp³-hybridized carbons (Fsp3) is 0.176. The van der Waals surface area contributed by atoms with Gasteiger partial charge >= 0.3 is 5.97 Å². The molecule has 0 aliphatic carbocycles. The molecule has 23 heavy (non-hydrogen) atoms. The van der Waals surface area contributed by atoms with Crippen molar-refractivity contribution in [3.05, 3.63) is 69.8 Å². The van der Waals surface area contributed by atoms with Crippen LogP contribution in [0.4, 0.5) is 0 Å². The van der Waals surface area contributed by atoms with E-state index in [0.29, 0.717) is 5.75 Å². The first-order valence-electron chi connectivity index (χ1n) is 7.00. The maximum absolute atomic E-state index is 11.7. The summed E-state index contributed by atoms with van der Waals surface area (Å²) in [6.45, 7) is 3.70. The summed E-state index contributed by atoms with van der Waals surface area (Å²) in [5.41, 5.74) is 11.0. The minimum Gasteiger partial charge on any atom is -0.482 e. The van der Waals surface area contributed by atoms with E-state index in [1.165, 1.54) is 0 Å². The summed E-state index contributed by atoms with van der Waals surface area (Å²) in [4.78, 5) is 16.6. The van der Waals surface area contributed by atoms with Crippen molar-refractivity contribution in [3.63, 3.8) is 0 Å². The SMILES string of the molecule is Cc1cc(OCC(=O)ON[C-](N)c2ccccc2)cc(C)c1Br. The summed E-state index contributed by atoms with van der Waals surface area (Å²) in [7, 11) is 0. The molecule has 0 saturated heterocycles. The molecule has 2 aromatic carbocycles. The summed E-state index contributed by atoms with van der Waals surface area (Å²) in [6, 6.07) is 12.9. The van der Waals surface area contributed by atoms with Crippen LogP contribution in [-0.2, 0) is 9.63 Å². The maximum atomic E-state index is 11.7. The Morgan fingerprint density at radius 3 is 2.43 bits per heavy atom. The van der Waals surface area contributed by atoms with Crippen molar-refractivity contribution >= 4 is 21.9 Å². The van der Waals surface area contributed by atoms with E-state index < -0.39 is 5.97 Å². The van der Waals surface area contributed by atoms with Crippen LogP contribution in [-0.4, -0.2) is 12.6 Å². The summed E-state index contributed by atoms with van der Waals surface area (Å²) < 4.78 is 6.46. The summed E-state index contributed by atoms with van der Waals surface area (Å²) in [6.07, 6.45) is 0.259. The van der Waals surface area contributed by atoms with Crippen molar-refractivity contribution in [1.82, 2.24) is 5.48 Å². The van der Waals surface area contributed by atoms with Crippen molar-refractivity contribution in [2.24, 2.45) is 5.73 Å². The first kappa shape index (κ1) is 17.3. The number of aryl methyl sites for hydroxylation is 2. The van der Waals surface area contributed by atoms with Gasteiger partial charge in [0.05, 0.1) is 0 Å². The maximum Gasteiger partial charge on any atom is 0.362 e. The molecular weight excluding hydrogens is 360 g/mol. The van der Waals surface area contributed by atoms with Crippen molar-refractivity contribution in [1.29, 1.82) is 0 Å². The Hall–Kier alpha value is -2.02. The van der Waals surface area contributed by atoms with Gasteiger partial charge in [-0.15, -0.1) is 12.1 Å². The standard InChI is InChI=1S/C17H18BrN2O3/c1-11-8-14(9-12(2)16(11)18)22-10-15(21)23-20-17(19)13-6-4-3-5-7-13/h3-9,20H,10,19H2,1-2H3/q-1.